The van der Waals surface area contributed by atoms with Crippen molar-refractivity contribution in [2.75, 3.05) is 5.73 Å². The third-order valence-electron chi connectivity index (χ3n) is 2.60. The first kappa shape index (κ1) is 10.4. The Morgan fingerprint density at radius 3 is 2.75 bits per heavy atom. The number of nitrogens with two attached hydrogens (primary N) is 1. The number of hydrogen-bond donors (Lipinski definition) is 2. The molecule has 0 fully saturated rings. The molecule has 16 heavy (non-hydrogen) atoms. The molecule has 0 aliphatic heterocycles. The largest absolute Gasteiger partial charge is 0.382 e. The molecule has 0 aliphatic rings. The van der Waals surface area contributed by atoms with Crippen LogP contribution in [0.2, 0.25) is 0 Å². The standard InChI is InChI=1S/C12H13N3O/c1-7-3-4-9(8(2)5-7)11-10(6-16)12(13)15-14-11/h3-6H,1-2H3,(H3,13,14,15). The second-order valence-corrected chi connectivity index (χ2v) is 3.83. The molecule has 0 saturated carbocycles. The van der Waals surface area contributed by atoms with Crippen LogP contribution in [0.3, 0.4) is 0 Å². The van der Waals surface area contributed by atoms with Gasteiger partial charge in [0.05, 0.1) is 11.3 Å². The summed E-state index contributed by atoms with van der Waals surface area (Å²) in [6.07, 6.45) is 0.730. The van der Waals surface area contributed by atoms with Crippen LogP contribution in [0.15, 0.2) is 18.2 Å². The van der Waals surface area contributed by atoms with Gasteiger partial charge in [0.1, 0.15) is 0 Å². The second kappa shape index (κ2) is 3.81. The Labute approximate surface area is 93.5 Å². The van der Waals surface area contributed by atoms with Gasteiger partial charge in [-0.05, 0) is 19.4 Å². The molecular weight excluding hydrogens is 202 g/mol. The molecule has 0 saturated heterocycles. The number of nitrogens with zero attached hydrogens (tertiary/aromatic N) is 1. The summed E-state index contributed by atoms with van der Waals surface area (Å²) in [7, 11) is 0. The fourth-order valence-electron chi connectivity index (χ4n) is 1.78. The lowest BCUT2D eigenvalue weighted by molar-refractivity contribution is 0.112. The van der Waals surface area contributed by atoms with Crippen LogP contribution in [-0.4, -0.2) is 16.5 Å². The van der Waals surface area contributed by atoms with E-state index < -0.39 is 0 Å². The minimum absolute atomic E-state index is 0.241. The van der Waals surface area contributed by atoms with Crippen molar-refractivity contribution in [3.63, 3.8) is 0 Å². The minimum Gasteiger partial charge on any atom is -0.382 e. The smallest absolute Gasteiger partial charge is 0.156 e. The number of rotatable bonds is 2. The molecule has 1 aromatic heterocycles. The Hall–Kier alpha value is -2.10. The van der Waals surface area contributed by atoms with Crippen molar-refractivity contribution in [2.45, 2.75) is 13.8 Å². The summed E-state index contributed by atoms with van der Waals surface area (Å²) >= 11 is 0. The van der Waals surface area contributed by atoms with Crippen LogP contribution in [0.25, 0.3) is 11.3 Å². The zero-order valence-corrected chi connectivity index (χ0v) is 9.24. The zero-order valence-electron chi connectivity index (χ0n) is 9.24. The summed E-state index contributed by atoms with van der Waals surface area (Å²) in [4.78, 5) is 10.9. The number of aromatic nitrogens is 2. The van der Waals surface area contributed by atoms with Crippen LogP contribution >= 0.6 is 0 Å². The third-order valence-corrected chi connectivity index (χ3v) is 2.60. The Bertz CT molecular complexity index is 543. The highest BCUT2D eigenvalue weighted by molar-refractivity contribution is 5.91. The van der Waals surface area contributed by atoms with Crippen LogP contribution in [0, 0.1) is 13.8 Å². The number of benzene rings is 1. The fourth-order valence-corrected chi connectivity index (χ4v) is 1.78. The number of anilines is 1. The summed E-state index contributed by atoms with van der Waals surface area (Å²) in [5.74, 6) is 0.241. The van der Waals surface area contributed by atoms with Gasteiger partial charge in [0.15, 0.2) is 12.1 Å². The first-order chi connectivity index (χ1) is 7.63. The Morgan fingerprint density at radius 2 is 2.12 bits per heavy atom. The summed E-state index contributed by atoms with van der Waals surface area (Å²) in [6.45, 7) is 4.02. The van der Waals surface area contributed by atoms with Gasteiger partial charge >= 0.3 is 0 Å². The minimum atomic E-state index is 0.241. The van der Waals surface area contributed by atoms with E-state index in [2.05, 4.69) is 16.3 Å². The maximum absolute atomic E-state index is 10.9. The molecule has 0 atom stereocenters. The topological polar surface area (TPSA) is 71.8 Å². The molecule has 0 unspecified atom stereocenters. The second-order valence-electron chi connectivity index (χ2n) is 3.83. The summed E-state index contributed by atoms with van der Waals surface area (Å²) in [6, 6.07) is 6.01. The van der Waals surface area contributed by atoms with Gasteiger partial charge in [0.25, 0.3) is 0 Å². The van der Waals surface area contributed by atoms with Crippen LogP contribution < -0.4 is 5.73 Å². The molecule has 4 heteroatoms. The number of nitrogen functional groups attached to an aromatic ring is 1. The molecule has 4 nitrogen and oxygen atoms in total. The molecule has 0 aliphatic carbocycles. The van der Waals surface area contributed by atoms with Gasteiger partial charge in [-0.15, -0.1) is 0 Å². The molecule has 1 aromatic carbocycles. The third kappa shape index (κ3) is 1.58. The van der Waals surface area contributed by atoms with Crippen LogP contribution in [0.1, 0.15) is 21.5 Å². The Morgan fingerprint density at radius 1 is 1.38 bits per heavy atom. The number of hydrogen-bond acceptors (Lipinski definition) is 3. The predicted molar refractivity (Wildman–Crippen MR) is 63.3 cm³/mol. The number of carbonyl (C=O) groups is 1. The number of aldehydes is 1. The molecule has 1 heterocycles. The van der Waals surface area contributed by atoms with Gasteiger partial charge in [-0.1, -0.05) is 23.8 Å². The average molecular weight is 215 g/mol. The summed E-state index contributed by atoms with van der Waals surface area (Å²) in [5, 5.41) is 6.64. The maximum Gasteiger partial charge on any atom is 0.156 e. The Kier molecular flexibility index (Phi) is 2.48. The monoisotopic (exact) mass is 215 g/mol. The van der Waals surface area contributed by atoms with Gasteiger partial charge in [0.2, 0.25) is 0 Å². The normalized spacial score (nSPS) is 10.4. The van der Waals surface area contributed by atoms with Crippen molar-refractivity contribution in [3.05, 3.63) is 34.9 Å². The molecule has 3 N–H and O–H groups in total. The fraction of sp³-hybridized carbons (Fsp3) is 0.167. The van der Waals surface area contributed by atoms with Crippen molar-refractivity contribution < 1.29 is 4.79 Å². The average Bonchev–Trinajstić information content (AvgIpc) is 2.59. The van der Waals surface area contributed by atoms with Crippen LogP contribution in [0.4, 0.5) is 5.82 Å². The van der Waals surface area contributed by atoms with Crippen molar-refractivity contribution in [1.82, 2.24) is 10.2 Å². The number of aryl methyl sites for hydroxylation is 2. The van der Waals surface area contributed by atoms with Gasteiger partial charge in [0, 0.05) is 5.56 Å². The molecule has 2 rings (SSSR count). The SMILES string of the molecule is Cc1ccc(-c2[nH]nc(N)c2C=O)c(C)c1. The van der Waals surface area contributed by atoms with Crippen molar-refractivity contribution in [1.29, 1.82) is 0 Å². The highest BCUT2D eigenvalue weighted by atomic mass is 16.1. The van der Waals surface area contributed by atoms with Crippen LogP contribution in [-0.2, 0) is 0 Å². The lowest BCUT2D eigenvalue weighted by Gasteiger charge is -2.05. The van der Waals surface area contributed by atoms with E-state index in [1.807, 2.05) is 26.0 Å². The quantitative estimate of drug-likeness (QED) is 0.753. The summed E-state index contributed by atoms with van der Waals surface area (Å²) in [5.41, 5.74) is 9.93. The first-order valence-corrected chi connectivity index (χ1v) is 5.00. The van der Waals surface area contributed by atoms with Crippen LogP contribution in [0.5, 0.6) is 0 Å². The van der Waals surface area contributed by atoms with E-state index in [4.69, 9.17) is 5.73 Å². The van der Waals surface area contributed by atoms with Gasteiger partial charge < -0.3 is 5.73 Å². The van der Waals surface area contributed by atoms with Gasteiger partial charge in [-0.2, -0.15) is 5.10 Å². The molecular formula is C12H13N3O. The zero-order chi connectivity index (χ0) is 11.7. The van der Waals surface area contributed by atoms with Gasteiger partial charge in [-0.25, -0.2) is 0 Å². The van der Waals surface area contributed by atoms with E-state index in [1.54, 1.807) is 0 Å². The molecule has 0 amide bonds. The van der Waals surface area contributed by atoms with Crippen molar-refractivity contribution in [3.8, 4) is 11.3 Å². The predicted octanol–water partition coefficient (Wildman–Crippen LogP) is 2.09. The van der Waals surface area contributed by atoms with E-state index in [0.717, 1.165) is 17.4 Å². The van der Waals surface area contributed by atoms with Crippen molar-refractivity contribution in [2.24, 2.45) is 0 Å². The lowest BCUT2D eigenvalue weighted by atomic mass is 10.0. The van der Waals surface area contributed by atoms with E-state index in [0.29, 0.717) is 11.3 Å². The van der Waals surface area contributed by atoms with E-state index >= 15 is 0 Å². The number of aromatic amines is 1. The van der Waals surface area contributed by atoms with E-state index in [9.17, 15) is 4.79 Å². The highest BCUT2D eigenvalue weighted by Gasteiger charge is 2.13. The first-order valence-electron chi connectivity index (χ1n) is 5.00. The maximum atomic E-state index is 10.9. The van der Waals surface area contributed by atoms with Gasteiger partial charge in [-0.3, -0.25) is 9.89 Å². The lowest BCUT2D eigenvalue weighted by Crippen LogP contribution is -1.92. The number of H-pyrrole nitrogens is 1. The number of nitrogens with one attached hydrogen (secondary N) is 1. The van der Waals surface area contributed by atoms with E-state index in [-0.39, 0.29) is 5.82 Å². The Balaban J connectivity index is 2.63. The van der Waals surface area contributed by atoms with E-state index in [1.165, 1.54) is 5.56 Å². The number of carbonyl (C=O) groups excluding carboxylic acids is 1. The molecule has 0 bridgehead atoms. The highest BCUT2D eigenvalue weighted by Crippen LogP contribution is 2.27. The molecule has 0 spiro atoms. The molecule has 82 valence electrons. The van der Waals surface area contributed by atoms with Crippen molar-refractivity contribution >= 4 is 12.1 Å². The summed E-state index contributed by atoms with van der Waals surface area (Å²) < 4.78 is 0. The molecule has 0 radical (unpaired) electrons. The molecule has 2 aromatic rings.